The Morgan fingerprint density at radius 1 is 1.38 bits per heavy atom. The van der Waals surface area contributed by atoms with E-state index in [1.165, 1.54) is 12.3 Å². The number of nitrogens with one attached hydrogen (secondary N) is 2. The van der Waals surface area contributed by atoms with Crippen molar-refractivity contribution in [2.24, 2.45) is 5.84 Å². The molecule has 0 aliphatic rings. The molecule has 0 amide bonds. The number of nitrogens with two attached hydrogens (primary N) is 1. The van der Waals surface area contributed by atoms with Gasteiger partial charge in [-0.2, -0.15) is 0 Å². The van der Waals surface area contributed by atoms with Crippen LogP contribution in [0.15, 0.2) is 39.8 Å². The van der Waals surface area contributed by atoms with E-state index in [-0.39, 0.29) is 10.7 Å². The number of hydrazine groups is 1. The zero-order valence-corrected chi connectivity index (χ0v) is 14.1. The van der Waals surface area contributed by atoms with Crippen LogP contribution >= 0.6 is 27.5 Å². The molecule has 0 saturated carbocycles. The van der Waals surface area contributed by atoms with Crippen molar-refractivity contribution in [3.63, 3.8) is 0 Å². The van der Waals surface area contributed by atoms with Crippen molar-refractivity contribution in [2.45, 2.75) is 11.8 Å². The van der Waals surface area contributed by atoms with E-state index in [4.69, 9.17) is 17.4 Å². The van der Waals surface area contributed by atoms with Crippen molar-refractivity contribution >= 4 is 49.1 Å². The molecular weight excluding hydrogens is 380 g/mol. The van der Waals surface area contributed by atoms with Crippen molar-refractivity contribution in [3.05, 3.63) is 45.5 Å². The van der Waals surface area contributed by atoms with Crippen LogP contribution in [-0.4, -0.2) is 13.4 Å². The average Bonchev–Trinajstić information content (AvgIpc) is 2.43. The summed E-state index contributed by atoms with van der Waals surface area (Å²) in [5.74, 6) is 5.34. The first-order valence-electron chi connectivity index (χ1n) is 5.75. The normalized spacial score (nSPS) is 11.2. The Morgan fingerprint density at radius 3 is 2.71 bits per heavy atom. The third-order valence-electron chi connectivity index (χ3n) is 2.70. The number of anilines is 2. The van der Waals surface area contributed by atoms with Gasteiger partial charge < -0.3 is 5.43 Å². The lowest BCUT2D eigenvalue weighted by Gasteiger charge is -2.14. The van der Waals surface area contributed by atoms with Crippen LogP contribution in [0.5, 0.6) is 0 Å². The maximum atomic E-state index is 12.5. The number of benzene rings is 1. The van der Waals surface area contributed by atoms with Gasteiger partial charge in [0.15, 0.2) is 5.82 Å². The molecule has 21 heavy (non-hydrogen) atoms. The second kappa shape index (κ2) is 6.18. The van der Waals surface area contributed by atoms with E-state index in [2.05, 4.69) is 31.1 Å². The first-order valence-corrected chi connectivity index (χ1v) is 8.40. The molecule has 2 aromatic rings. The molecule has 1 aromatic carbocycles. The first-order chi connectivity index (χ1) is 9.85. The fourth-order valence-corrected chi connectivity index (χ4v) is 3.79. The Morgan fingerprint density at radius 2 is 2.10 bits per heavy atom. The second-order valence-electron chi connectivity index (χ2n) is 4.18. The van der Waals surface area contributed by atoms with Gasteiger partial charge >= 0.3 is 0 Å². The maximum absolute atomic E-state index is 12.5. The second-order valence-corrected chi connectivity index (χ2v) is 7.16. The summed E-state index contributed by atoms with van der Waals surface area (Å²) in [6, 6.07) is 6.50. The predicted octanol–water partition coefficient (Wildman–Crippen LogP) is 2.89. The Bertz CT molecular complexity index is 763. The van der Waals surface area contributed by atoms with Gasteiger partial charge in [0.1, 0.15) is 4.90 Å². The third kappa shape index (κ3) is 3.46. The molecule has 1 heterocycles. The van der Waals surface area contributed by atoms with E-state index < -0.39 is 10.0 Å². The van der Waals surface area contributed by atoms with Crippen LogP contribution in [0.3, 0.4) is 0 Å². The Hall–Kier alpha value is -1.35. The van der Waals surface area contributed by atoms with Gasteiger partial charge in [0, 0.05) is 10.7 Å². The van der Waals surface area contributed by atoms with E-state index >= 15 is 0 Å². The zero-order valence-electron chi connectivity index (χ0n) is 10.9. The summed E-state index contributed by atoms with van der Waals surface area (Å²) in [4.78, 5) is 3.83. The van der Waals surface area contributed by atoms with Gasteiger partial charge in [0.2, 0.25) is 0 Å². The minimum absolute atomic E-state index is 0.0374. The van der Waals surface area contributed by atoms with E-state index in [0.717, 1.165) is 0 Å². The van der Waals surface area contributed by atoms with Gasteiger partial charge in [-0.05, 0) is 40.5 Å². The molecule has 0 saturated heterocycles. The van der Waals surface area contributed by atoms with Crippen molar-refractivity contribution in [3.8, 4) is 0 Å². The van der Waals surface area contributed by atoms with Gasteiger partial charge in [-0.3, -0.25) is 4.72 Å². The molecule has 0 unspecified atom stereocenters. The number of nitrogens with zero attached hydrogens (tertiary/aromatic N) is 1. The van der Waals surface area contributed by atoms with E-state index in [9.17, 15) is 8.42 Å². The highest BCUT2D eigenvalue weighted by Crippen LogP contribution is 2.30. The van der Waals surface area contributed by atoms with Crippen LogP contribution in [-0.2, 0) is 10.0 Å². The molecule has 1 aromatic heterocycles. The molecular formula is C12H12BrClN4O2S. The number of pyridine rings is 1. The highest BCUT2D eigenvalue weighted by atomic mass is 79.9. The average molecular weight is 392 g/mol. The Kier molecular flexibility index (Phi) is 4.72. The molecule has 6 nitrogen and oxygen atoms in total. The number of halogens is 2. The predicted molar refractivity (Wildman–Crippen MR) is 86.7 cm³/mol. The summed E-state index contributed by atoms with van der Waals surface area (Å²) < 4.78 is 28.0. The van der Waals surface area contributed by atoms with Crippen molar-refractivity contribution < 1.29 is 8.42 Å². The van der Waals surface area contributed by atoms with Crippen molar-refractivity contribution in [2.75, 3.05) is 10.1 Å². The lowest BCUT2D eigenvalue weighted by atomic mass is 10.2. The fourth-order valence-electron chi connectivity index (χ4n) is 1.68. The fraction of sp³-hybridized carbons (Fsp3) is 0.0833. The Balaban J connectivity index is 2.51. The van der Waals surface area contributed by atoms with Gasteiger partial charge in [-0.15, -0.1) is 0 Å². The molecule has 0 aliphatic heterocycles. The van der Waals surface area contributed by atoms with Gasteiger partial charge in [0.05, 0.1) is 10.7 Å². The van der Waals surface area contributed by atoms with Crippen molar-refractivity contribution in [1.29, 1.82) is 0 Å². The largest absolute Gasteiger partial charge is 0.307 e. The minimum Gasteiger partial charge on any atom is -0.307 e. The van der Waals surface area contributed by atoms with E-state index in [1.807, 2.05) is 0 Å². The molecule has 0 atom stereocenters. The number of sulfonamides is 1. The van der Waals surface area contributed by atoms with Crippen LogP contribution in [0.4, 0.5) is 11.5 Å². The monoisotopic (exact) mass is 390 g/mol. The number of hydrogen-bond acceptors (Lipinski definition) is 5. The van der Waals surface area contributed by atoms with Crippen LogP contribution < -0.4 is 16.0 Å². The zero-order chi connectivity index (χ0) is 15.6. The van der Waals surface area contributed by atoms with Gasteiger partial charge in [-0.1, -0.05) is 23.7 Å². The summed E-state index contributed by atoms with van der Waals surface area (Å²) in [6.45, 7) is 1.75. The van der Waals surface area contributed by atoms with Gasteiger partial charge in [0.25, 0.3) is 10.0 Å². The summed E-state index contributed by atoms with van der Waals surface area (Å²) in [7, 11) is -3.89. The number of aromatic nitrogens is 1. The van der Waals surface area contributed by atoms with E-state index in [1.54, 1.807) is 25.1 Å². The lowest BCUT2D eigenvalue weighted by molar-refractivity contribution is 0.601. The standard InChI is InChI=1S/C12H12BrClN4O2S/c1-7-3-2-4-9(14)11(7)18-21(19,20)10-5-8(13)6-16-12(10)17-15/h2-6,18H,15H2,1H3,(H,16,17). The summed E-state index contributed by atoms with van der Waals surface area (Å²) >= 11 is 9.22. The molecule has 0 radical (unpaired) electrons. The van der Waals surface area contributed by atoms with E-state index in [0.29, 0.717) is 20.7 Å². The SMILES string of the molecule is Cc1cccc(Cl)c1NS(=O)(=O)c1cc(Br)cnc1NN. The van der Waals surface area contributed by atoms with Crippen LogP contribution in [0.1, 0.15) is 5.56 Å². The van der Waals surface area contributed by atoms with Crippen LogP contribution in [0.2, 0.25) is 5.02 Å². The number of aryl methyl sites for hydroxylation is 1. The molecule has 0 bridgehead atoms. The Labute approximate surface area is 135 Å². The topological polar surface area (TPSA) is 97.1 Å². The quantitative estimate of drug-likeness (QED) is 0.550. The molecule has 9 heteroatoms. The molecule has 0 aliphatic carbocycles. The summed E-state index contributed by atoms with van der Waals surface area (Å²) in [5.41, 5.74) is 3.29. The number of para-hydroxylation sites is 1. The summed E-state index contributed by atoms with van der Waals surface area (Å²) in [5, 5.41) is 0.309. The molecule has 2 rings (SSSR count). The highest BCUT2D eigenvalue weighted by molar-refractivity contribution is 9.10. The third-order valence-corrected chi connectivity index (χ3v) is 4.82. The number of hydrogen-bond donors (Lipinski definition) is 3. The van der Waals surface area contributed by atoms with Crippen LogP contribution in [0.25, 0.3) is 0 Å². The molecule has 112 valence electrons. The first kappa shape index (κ1) is 16.0. The van der Waals surface area contributed by atoms with Crippen molar-refractivity contribution in [1.82, 2.24) is 4.98 Å². The number of nitrogen functional groups attached to an aromatic ring is 1. The molecule has 0 fully saturated rings. The minimum atomic E-state index is -3.89. The summed E-state index contributed by atoms with van der Waals surface area (Å²) in [6.07, 6.45) is 1.44. The highest BCUT2D eigenvalue weighted by Gasteiger charge is 2.22. The molecule has 0 spiro atoms. The number of rotatable bonds is 4. The van der Waals surface area contributed by atoms with Gasteiger partial charge in [-0.25, -0.2) is 19.2 Å². The van der Waals surface area contributed by atoms with Crippen LogP contribution in [0, 0.1) is 6.92 Å². The molecule has 4 N–H and O–H groups in total. The maximum Gasteiger partial charge on any atom is 0.265 e. The lowest BCUT2D eigenvalue weighted by Crippen LogP contribution is -2.19. The smallest absolute Gasteiger partial charge is 0.265 e.